The number of aromatic nitrogens is 3. The molecule has 0 amide bonds. The molecular weight excluding hydrogens is 477 g/mol. The van der Waals surface area contributed by atoms with E-state index in [4.69, 9.17) is 16.1 Å². The predicted molar refractivity (Wildman–Crippen MR) is 136 cm³/mol. The van der Waals surface area contributed by atoms with Crippen LogP contribution in [0.25, 0.3) is 22.6 Å². The number of benzene rings is 1. The van der Waals surface area contributed by atoms with Crippen molar-refractivity contribution in [1.29, 1.82) is 0 Å². The molecule has 6 nitrogen and oxygen atoms in total. The molecule has 8 heteroatoms. The quantitative estimate of drug-likeness (QED) is 0.182. The number of carbonyl (C=O) groups excluding carboxylic acids is 2. The first-order chi connectivity index (χ1) is 17.5. The van der Waals surface area contributed by atoms with Gasteiger partial charge in [-0.05, 0) is 67.6 Å². The van der Waals surface area contributed by atoms with Crippen LogP contribution in [-0.2, 0) is 4.74 Å². The largest absolute Gasteiger partial charge is 0.465 e. The number of halogens is 1. The fourth-order valence-corrected chi connectivity index (χ4v) is 5.81. The molecule has 3 heterocycles. The van der Waals surface area contributed by atoms with E-state index in [-0.39, 0.29) is 23.4 Å². The molecule has 0 radical (unpaired) electrons. The van der Waals surface area contributed by atoms with Crippen molar-refractivity contribution in [3.63, 3.8) is 0 Å². The van der Waals surface area contributed by atoms with Crippen LogP contribution < -0.4 is 0 Å². The van der Waals surface area contributed by atoms with E-state index in [1.165, 1.54) is 30.7 Å². The summed E-state index contributed by atoms with van der Waals surface area (Å²) in [6, 6.07) is 11.7. The monoisotopic (exact) mass is 501 g/mol. The Hall–Kier alpha value is -3.83. The number of Topliss-reactive ketones (excluding diaryl/α,β-unsaturated/α-hetero) is 1. The summed E-state index contributed by atoms with van der Waals surface area (Å²) in [6.45, 7) is 0. The van der Waals surface area contributed by atoms with Gasteiger partial charge in [0.05, 0.1) is 33.5 Å². The minimum atomic E-state index is -0.466. The molecule has 4 aromatic rings. The van der Waals surface area contributed by atoms with Gasteiger partial charge in [-0.25, -0.2) is 19.2 Å². The molecule has 0 unspecified atom stereocenters. The van der Waals surface area contributed by atoms with Crippen molar-refractivity contribution in [2.24, 2.45) is 5.92 Å². The Kier molecular flexibility index (Phi) is 6.66. The summed E-state index contributed by atoms with van der Waals surface area (Å²) in [6.07, 6.45) is 10.9. The molecule has 182 valence electrons. The molecular formula is C28H24FN3O3S. The van der Waals surface area contributed by atoms with E-state index in [9.17, 15) is 14.0 Å². The number of rotatable bonds is 6. The maximum atomic E-state index is 14.8. The first-order valence-electron chi connectivity index (χ1n) is 11.8. The lowest BCUT2D eigenvalue weighted by atomic mass is 9.82. The molecule has 1 aliphatic rings. The first-order valence-corrected chi connectivity index (χ1v) is 12.6. The van der Waals surface area contributed by atoms with Crippen LogP contribution in [-0.4, -0.2) is 33.4 Å². The fraction of sp³-hybridized carbons (Fsp3) is 0.286. The molecule has 0 spiro atoms. The number of carbonyl (C=O) groups is 2. The molecule has 1 aromatic carbocycles. The molecule has 0 aliphatic heterocycles. The van der Waals surface area contributed by atoms with Crippen molar-refractivity contribution in [3.8, 4) is 23.9 Å². The van der Waals surface area contributed by atoms with Gasteiger partial charge < -0.3 is 9.30 Å². The second-order valence-corrected chi connectivity index (χ2v) is 10.0. The van der Waals surface area contributed by atoms with Crippen molar-refractivity contribution in [2.45, 2.75) is 38.1 Å². The maximum absolute atomic E-state index is 14.8. The molecule has 1 fully saturated rings. The van der Waals surface area contributed by atoms with E-state index in [0.717, 1.165) is 36.1 Å². The lowest BCUT2D eigenvalue weighted by molar-refractivity contribution is 0.0600. The summed E-state index contributed by atoms with van der Waals surface area (Å²) in [5.41, 5.74) is 1.89. The minimum absolute atomic E-state index is 0.00605. The number of nitrogens with zero attached hydrogens (tertiary/aromatic N) is 3. The number of ketones is 1. The van der Waals surface area contributed by atoms with Crippen LogP contribution >= 0.6 is 11.3 Å². The highest BCUT2D eigenvalue weighted by Crippen LogP contribution is 2.40. The zero-order valence-corrected chi connectivity index (χ0v) is 20.6. The Morgan fingerprint density at radius 2 is 2.11 bits per heavy atom. The van der Waals surface area contributed by atoms with Crippen LogP contribution in [0.2, 0.25) is 0 Å². The Morgan fingerprint density at radius 3 is 2.86 bits per heavy atom. The normalized spacial score (nSPS) is 17.6. The summed E-state index contributed by atoms with van der Waals surface area (Å²) in [5, 5.41) is 0. The number of hydrogen-bond donors (Lipinski definition) is 0. The Balaban J connectivity index is 1.50. The van der Waals surface area contributed by atoms with Crippen LogP contribution in [0, 0.1) is 24.1 Å². The van der Waals surface area contributed by atoms with Gasteiger partial charge in [0.2, 0.25) is 0 Å². The van der Waals surface area contributed by atoms with Gasteiger partial charge in [-0.1, -0.05) is 12.3 Å². The van der Waals surface area contributed by atoms with Crippen LogP contribution in [0.15, 0.2) is 48.7 Å². The molecule has 0 N–H and O–H groups in total. The zero-order valence-electron chi connectivity index (χ0n) is 19.7. The van der Waals surface area contributed by atoms with E-state index >= 15 is 0 Å². The number of thiophene rings is 1. The molecule has 0 saturated heterocycles. The Labute approximate surface area is 212 Å². The third-order valence-electron chi connectivity index (χ3n) is 6.70. The molecule has 0 bridgehead atoms. The first kappa shape index (κ1) is 23.9. The number of methoxy groups -OCH3 is 1. The summed E-state index contributed by atoms with van der Waals surface area (Å²) < 4.78 is 21.7. The number of terminal acetylenes is 1. The molecule has 2 atom stereocenters. The van der Waals surface area contributed by atoms with Crippen molar-refractivity contribution < 1.29 is 18.7 Å². The van der Waals surface area contributed by atoms with E-state index in [1.807, 2.05) is 10.6 Å². The summed E-state index contributed by atoms with van der Waals surface area (Å²) in [5.74, 6) is 2.35. The number of hydrogen-bond acceptors (Lipinski definition) is 6. The highest BCUT2D eigenvalue weighted by atomic mass is 32.1. The Bertz CT molecular complexity index is 1500. The van der Waals surface area contributed by atoms with Crippen molar-refractivity contribution in [2.75, 3.05) is 7.11 Å². The SMILES string of the molecule is C#Cc1ccc(C(=O)C[C@@H]2CCC[C@H](n3c(-c4ncccc4F)nc4cc(C(=O)OC)ccc43)C2)s1. The highest BCUT2D eigenvalue weighted by Gasteiger charge is 2.30. The summed E-state index contributed by atoms with van der Waals surface area (Å²) >= 11 is 1.35. The molecule has 1 saturated carbocycles. The van der Waals surface area contributed by atoms with E-state index in [1.54, 1.807) is 30.3 Å². The number of esters is 1. The second kappa shape index (κ2) is 10.0. The second-order valence-electron chi connectivity index (χ2n) is 8.96. The van der Waals surface area contributed by atoms with Gasteiger partial charge in [-0.3, -0.25) is 4.79 Å². The van der Waals surface area contributed by atoms with Crippen LogP contribution in [0.5, 0.6) is 0 Å². The van der Waals surface area contributed by atoms with E-state index in [0.29, 0.717) is 28.2 Å². The van der Waals surface area contributed by atoms with Gasteiger partial charge in [0.1, 0.15) is 5.69 Å². The summed E-state index contributed by atoms with van der Waals surface area (Å²) in [4.78, 5) is 35.4. The van der Waals surface area contributed by atoms with Crippen molar-refractivity contribution in [3.05, 3.63) is 69.8 Å². The third kappa shape index (κ3) is 4.54. The van der Waals surface area contributed by atoms with E-state index in [2.05, 4.69) is 10.9 Å². The van der Waals surface area contributed by atoms with E-state index < -0.39 is 11.8 Å². The van der Waals surface area contributed by atoms with Crippen LogP contribution in [0.4, 0.5) is 4.39 Å². The lowest BCUT2D eigenvalue weighted by Gasteiger charge is -2.31. The predicted octanol–water partition coefficient (Wildman–Crippen LogP) is 6.07. The molecule has 36 heavy (non-hydrogen) atoms. The molecule has 3 aromatic heterocycles. The van der Waals surface area contributed by atoms with Gasteiger partial charge in [-0.15, -0.1) is 17.8 Å². The fourth-order valence-electron chi connectivity index (χ4n) is 5.04. The van der Waals surface area contributed by atoms with Gasteiger partial charge in [-0.2, -0.15) is 0 Å². The molecule has 5 rings (SSSR count). The maximum Gasteiger partial charge on any atom is 0.337 e. The van der Waals surface area contributed by atoms with Crippen LogP contribution in [0.3, 0.4) is 0 Å². The molecule has 1 aliphatic carbocycles. The van der Waals surface area contributed by atoms with Gasteiger partial charge in [0.15, 0.2) is 17.4 Å². The topological polar surface area (TPSA) is 74.1 Å². The van der Waals surface area contributed by atoms with Crippen molar-refractivity contribution >= 4 is 34.1 Å². The standard InChI is InChI=1S/C28H24FN3O3S/c1-3-20-10-12-25(36-20)24(33)15-17-6-4-7-19(14-17)32-23-11-9-18(28(34)35-2)16-22(23)31-27(32)26-21(29)8-5-13-30-26/h1,5,8-13,16-17,19H,4,6-7,14-15H2,2H3/t17-,19+/m1/s1. The lowest BCUT2D eigenvalue weighted by Crippen LogP contribution is -2.22. The number of ether oxygens (including phenoxy) is 1. The zero-order chi connectivity index (χ0) is 25.2. The summed E-state index contributed by atoms with van der Waals surface area (Å²) in [7, 11) is 1.33. The van der Waals surface area contributed by atoms with Crippen molar-refractivity contribution in [1.82, 2.24) is 14.5 Å². The number of pyridine rings is 1. The van der Waals surface area contributed by atoms with Gasteiger partial charge >= 0.3 is 5.97 Å². The third-order valence-corrected chi connectivity index (χ3v) is 7.76. The average molecular weight is 502 g/mol. The van der Waals surface area contributed by atoms with Crippen LogP contribution in [0.1, 0.15) is 63.1 Å². The average Bonchev–Trinajstić information content (AvgIpc) is 3.53. The van der Waals surface area contributed by atoms with Gasteiger partial charge in [0, 0.05) is 18.7 Å². The number of imidazole rings is 1. The minimum Gasteiger partial charge on any atom is -0.465 e. The smallest absolute Gasteiger partial charge is 0.337 e. The number of fused-ring (bicyclic) bond motifs is 1. The Morgan fingerprint density at radius 1 is 1.25 bits per heavy atom. The van der Waals surface area contributed by atoms with Gasteiger partial charge in [0.25, 0.3) is 0 Å². The highest BCUT2D eigenvalue weighted by molar-refractivity contribution is 7.14.